The van der Waals surface area contributed by atoms with Crippen molar-refractivity contribution < 1.29 is 14.3 Å². The Morgan fingerprint density at radius 2 is 2.16 bits per heavy atom. The minimum Gasteiger partial charge on any atom is -0.493 e. The van der Waals surface area contributed by atoms with Crippen molar-refractivity contribution in [3.8, 4) is 16.3 Å². The van der Waals surface area contributed by atoms with Crippen LogP contribution in [0.4, 0.5) is 0 Å². The predicted molar refractivity (Wildman–Crippen MR) is 95.4 cm³/mol. The summed E-state index contributed by atoms with van der Waals surface area (Å²) in [6.07, 6.45) is 3.86. The highest BCUT2D eigenvalue weighted by Crippen LogP contribution is 2.23. The Hall–Kier alpha value is -2.67. The van der Waals surface area contributed by atoms with Gasteiger partial charge in [0.05, 0.1) is 24.9 Å². The van der Waals surface area contributed by atoms with Crippen LogP contribution in [0.15, 0.2) is 42.0 Å². The first kappa shape index (κ1) is 17.2. The molecule has 0 aliphatic heterocycles. The summed E-state index contributed by atoms with van der Waals surface area (Å²) in [6, 6.07) is 7.71. The van der Waals surface area contributed by atoms with Crippen LogP contribution >= 0.6 is 11.3 Å². The van der Waals surface area contributed by atoms with Crippen LogP contribution in [0.25, 0.3) is 10.6 Å². The summed E-state index contributed by atoms with van der Waals surface area (Å²) < 4.78 is 12.6. The molecular formula is C18H19N3O3S. The Labute approximate surface area is 150 Å². The minimum atomic E-state index is -0.301. The second-order valence-corrected chi connectivity index (χ2v) is 6.43. The number of carbonyl (C=O) groups is 1. The smallest absolute Gasteiger partial charge is 0.309 e. The third kappa shape index (κ3) is 4.67. The number of aryl methyl sites for hydroxylation is 2. The predicted octanol–water partition coefficient (Wildman–Crippen LogP) is 3.36. The van der Waals surface area contributed by atoms with E-state index in [9.17, 15) is 4.79 Å². The summed E-state index contributed by atoms with van der Waals surface area (Å²) in [7, 11) is 1.86. The van der Waals surface area contributed by atoms with E-state index in [-0.39, 0.29) is 19.0 Å². The number of ether oxygens (including phenoxy) is 2. The Bertz CT molecular complexity index is 857. The summed E-state index contributed by atoms with van der Waals surface area (Å²) in [5, 5.41) is 6.88. The normalized spacial score (nSPS) is 10.6. The number of benzene rings is 1. The number of hydrogen-bond donors (Lipinski definition) is 0. The summed E-state index contributed by atoms with van der Waals surface area (Å²) in [4.78, 5) is 16.3. The van der Waals surface area contributed by atoms with Gasteiger partial charge >= 0.3 is 5.97 Å². The molecule has 0 saturated carbocycles. The average molecular weight is 357 g/mol. The van der Waals surface area contributed by atoms with Gasteiger partial charge in [0, 0.05) is 24.2 Å². The first-order valence-electron chi connectivity index (χ1n) is 7.89. The molecule has 130 valence electrons. The molecule has 0 atom stereocenters. The molecule has 3 rings (SSSR count). The Morgan fingerprint density at radius 1 is 1.32 bits per heavy atom. The standard InChI is InChI=1S/C18H19N3O3S/c1-13-5-3-4-6-16(13)23-8-7-17(22)24-11-15-12-25-18(20-15)14-9-19-21(2)10-14/h3-6,9-10,12H,7-8,11H2,1-2H3. The number of carbonyl (C=O) groups excluding carboxylic acids is 1. The molecule has 3 aromatic rings. The summed E-state index contributed by atoms with van der Waals surface area (Å²) in [5.74, 6) is 0.487. The van der Waals surface area contributed by atoms with Gasteiger partial charge in [0.15, 0.2) is 0 Å². The molecule has 0 radical (unpaired) electrons. The SMILES string of the molecule is Cc1ccccc1OCCC(=O)OCc1csc(-c2cnn(C)c2)n1. The number of aromatic nitrogens is 3. The van der Waals surface area contributed by atoms with Crippen molar-refractivity contribution in [2.24, 2.45) is 7.05 Å². The van der Waals surface area contributed by atoms with Gasteiger partial charge in [0.25, 0.3) is 0 Å². The van der Waals surface area contributed by atoms with Crippen LogP contribution in [0, 0.1) is 6.92 Å². The second-order valence-electron chi connectivity index (χ2n) is 5.57. The van der Waals surface area contributed by atoms with E-state index in [1.807, 2.05) is 49.8 Å². The van der Waals surface area contributed by atoms with Crippen LogP contribution in [0.3, 0.4) is 0 Å². The quantitative estimate of drug-likeness (QED) is 0.607. The van der Waals surface area contributed by atoms with E-state index in [1.165, 1.54) is 11.3 Å². The number of rotatable bonds is 7. The van der Waals surface area contributed by atoms with Gasteiger partial charge in [-0.05, 0) is 18.6 Å². The first-order valence-corrected chi connectivity index (χ1v) is 8.77. The number of para-hydroxylation sites is 1. The molecule has 25 heavy (non-hydrogen) atoms. The highest BCUT2D eigenvalue weighted by molar-refractivity contribution is 7.13. The molecule has 0 bridgehead atoms. The number of nitrogens with zero attached hydrogens (tertiary/aromatic N) is 3. The second kappa shape index (κ2) is 7.94. The summed E-state index contributed by atoms with van der Waals surface area (Å²) in [6.45, 7) is 2.43. The van der Waals surface area contributed by atoms with Crippen LogP contribution < -0.4 is 4.74 Å². The summed E-state index contributed by atoms with van der Waals surface area (Å²) >= 11 is 1.50. The van der Waals surface area contributed by atoms with Crippen molar-refractivity contribution in [3.63, 3.8) is 0 Å². The van der Waals surface area contributed by atoms with Gasteiger partial charge in [-0.15, -0.1) is 11.3 Å². The molecular weight excluding hydrogens is 338 g/mol. The van der Waals surface area contributed by atoms with Gasteiger partial charge in [-0.3, -0.25) is 9.48 Å². The molecule has 2 aromatic heterocycles. The average Bonchev–Trinajstić information content (AvgIpc) is 3.23. The maximum atomic E-state index is 11.8. The molecule has 0 spiro atoms. The van der Waals surface area contributed by atoms with E-state index in [1.54, 1.807) is 10.9 Å². The molecule has 0 aliphatic carbocycles. The largest absolute Gasteiger partial charge is 0.493 e. The number of thiazole rings is 1. The maximum absolute atomic E-state index is 11.8. The lowest BCUT2D eigenvalue weighted by atomic mass is 10.2. The van der Waals surface area contributed by atoms with Crippen LogP contribution in [-0.2, 0) is 23.2 Å². The summed E-state index contributed by atoms with van der Waals surface area (Å²) in [5.41, 5.74) is 2.73. The zero-order valence-electron chi connectivity index (χ0n) is 14.1. The van der Waals surface area contributed by atoms with Crippen molar-refractivity contribution in [1.29, 1.82) is 0 Å². The van der Waals surface area contributed by atoms with Gasteiger partial charge in [-0.25, -0.2) is 4.98 Å². The van der Waals surface area contributed by atoms with Gasteiger partial charge in [0.2, 0.25) is 0 Å². The third-order valence-electron chi connectivity index (χ3n) is 3.54. The van der Waals surface area contributed by atoms with E-state index in [4.69, 9.17) is 9.47 Å². The van der Waals surface area contributed by atoms with Gasteiger partial charge in [0.1, 0.15) is 17.4 Å². The lowest BCUT2D eigenvalue weighted by Gasteiger charge is -2.08. The van der Waals surface area contributed by atoms with Crippen LogP contribution in [0.2, 0.25) is 0 Å². The molecule has 0 unspecified atom stereocenters. The van der Waals surface area contributed by atoms with Crippen molar-refractivity contribution >= 4 is 17.3 Å². The Morgan fingerprint density at radius 3 is 2.92 bits per heavy atom. The molecule has 0 fully saturated rings. The number of hydrogen-bond acceptors (Lipinski definition) is 6. The van der Waals surface area contributed by atoms with E-state index in [0.29, 0.717) is 6.61 Å². The molecule has 7 heteroatoms. The molecule has 0 N–H and O–H groups in total. The van der Waals surface area contributed by atoms with Gasteiger partial charge in [-0.2, -0.15) is 5.10 Å². The zero-order valence-corrected chi connectivity index (χ0v) is 15.0. The zero-order chi connectivity index (χ0) is 17.6. The fourth-order valence-electron chi connectivity index (χ4n) is 2.23. The molecule has 0 aliphatic rings. The molecule has 2 heterocycles. The van der Waals surface area contributed by atoms with E-state index < -0.39 is 0 Å². The maximum Gasteiger partial charge on any atom is 0.309 e. The van der Waals surface area contributed by atoms with Crippen molar-refractivity contribution in [2.75, 3.05) is 6.61 Å². The first-order chi connectivity index (χ1) is 12.1. The van der Waals surface area contributed by atoms with Crippen molar-refractivity contribution in [2.45, 2.75) is 20.0 Å². The van der Waals surface area contributed by atoms with Crippen LogP contribution in [-0.4, -0.2) is 27.3 Å². The molecule has 6 nitrogen and oxygen atoms in total. The topological polar surface area (TPSA) is 66.2 Å². The number of esters is 1. The molecule has 0 amide bonds. The van der Waals surface area contributed by atoms with Crippen molar-refractivity contribution in [1.82, 2.24) is 14.8 Å². The lowest BCUT2D eigenvalue weighted by Crippen LogP contribution is -2.10. The van der Waals surface area contributed by atoms with E-state index in [0.717, 1.165) is 27.6 Å². The molecule has 1 aromatic carbocycles. The highest BCUT2D eigenvalue weighted by atomic mass is 32.1. The third-order valence-corrected chi connectivity index (χ3v) is 4.48. The van der Waals surface area contributed by atoms with Crippen LogP contribution in [0.5, 0.6) is 5.75 Å². The minimum absolute atomic E-state index is 0.167. The monoisotopic (exact) mass is 357 g/mol. The van der Waals surface area contributed by atoms with Crippen LogP contribution in [0.1, 0.15) is 17.7 Å². The van der Waals surface area contributed by atoms with Crippen molar-refractivity contribution in [3.05, 3.63) is 53.3 Å². The van der Waals surface area contributed by atoms with E-state index >= 15 is 0 Å². The lowest BCUT2D eigenvalue weighted by molar-refractivity contribution is -0.145. The van der Waals surface area contributed by atoms with Gasteiger partial charge in [-0.1, -0.05) is 18.2 Å². The Kier molecular flexibility index (Phi) is 5.45. The fourth-order valence-corrected chi connectivity index (χ4v) is 3.01. The molecule has 0 saturated heterocycles. The Balaban J connectivity index is 1.43. The van der Waals surface area contributed by atoms with E-state index in [2.05, 4.69) is 10.1 Å². The van der Waals surface area contributed by atoms with Gasteiger partial charge < -0.3 is 9.47 Å². The fraction of sp³-hybridized carbons (Fsp3) is 0.278. The highest BCUT2D eigenvalue weighted by Gasteiger charge is 2.09.